The quantitative estimate of drug-likeness (QED) is 0.476. The van der Waals surface area contributed by atoms with Crippen LogP contribution in [0.4, 0.5) is 0 Å². The van der Waals surface area contributed by atoms with Crippen LogP contribution in [0.15, 0.2) is 0 Å². The Hall–Kier alpha value is -1.13. The average molecular weight is 161 g/mol. The van der Waals surface area contributed by atoms with Crippen LogP contribution in [0.2, 0.25) is 0 Å². The summed E-state index contributed by atoms with van der Waals surface area (Å²) in [5, 5.41) is 18.1. The van der Waals surface area contributed by atoms with E-state index < -0.39 is 10.9 Å². The average Bonchev–Trinajstić information content (AvgIpc) is 1.82. The van der Waals surface area contributed by atoms with E-state index in [0.717, 1.165) is 0 Å². The molecular formula is C6H11NO4. The molecular weight excluding hydrogens is 150 g/mol. The molecule has 1 N–H and O–H groups in total. The molecule has 0 radical (unpaired) electrons. The molecule has 0 aliphatic carbocycles. The van der Waals surface area contributed by atoms with E-state index in [4.69, 9.17) is 5.11 Å². The summed E-state index contributed by atoms with van der Waals surface area (Å²) in [5.74, 6) is -1.05. The van der Waals surface area contributed by atoms with Crippen molar-refractivity contribution in [3.8, 4) is 0 Å². The molecule has 11 heavy (non-hydrogen) atoms. The summed E-state index contributed by atoms with van der Waals surface area (Å²) in [5.41, 5.74) is 0. The third-order valence-corrected chi connectivity index (χ3v) is 1.31. The van der Waals surface area contributed by atoms with Crippen LogP contribution >= 0.6 is 0 Å². The number of nitrogens with zero attached hydrogens (tertiary/aromatic N) is 1. The largest absolute Gasteiger partial charge is 0.481 e. The van der Waals surface area contributed by atoms with Crippen LogP contribution in [-0.2, 0) is 4.79 Å². The highest BCUT2D eigenvalue weighted by Gasteiger charge is 2.10. The lowest BCUT2D eigenvalue weighted by Crippen LogP contribution is -2.12. The summed E-state index contributed by atoms with van der Waals surface area (Å²) in [6, 6.07) is 0. The summed E-state index contributed by atoms with van der Waals surface area (Å²) in [6.45, 7) is 1.53. The van der Waals surface area contributed by atoms with Crippen LogP contribution in [0.5, 0.6) is 0 Å². The van der Waals surface area contributed by atoms with E-state index in [9.17, 15) is 14.9 Å². The Morgan fingerprint density at radius 1 is 1.73 bits per heavy atom. The fourth-order valence-electron chi connectivity index (χ4n) is 0.716. The molecule has 0 bridgehead atoms. The Balaban J connectivity index is 3.44. The molecule has 5 heteroatoms. The molecule has 0 fully saturated rings. The second-order valence-electron chi connectivity index (χ2n) is 2.55. The molecule has 0 spiro atoms. The molecule has 0 amide bonds. The molecule has 0 aliphatic rings. The van der Waals surface area contributed by atoms with Crippen LogP contribution in [-0.4, -0.2) is 22.5 Å². The molecule has 0 saturated heterocycles. The Bertz CT molecular complexity index is 157. The van der Waals surface area contributed by atoms with Gasteiger partial charge in [-0.15, -0.1) is 0 Å². The van der Waals surface area contributed by atoms with Gasteiger partial charge in [-0.25, -0.2) is 0 Å². The van der Waals surface area contributed by atoms with Gasteiger partial charge >= 0.3 is 5.97 Å². The van der Waals surface area contributed by atoms with Crippen LogP contribution < -0.4 is 0 Å². The second kappa shape index (κ2) is 4.65. The van der Waals surface area contributed by atoms with Crippen molar-refractivity contribution in [3.63, 3.8) is 0 Å². The third kappa shape index (κ3) is 6.76. The number of hydrogen-bond donors (Lipinski definition) is 1. The van der Waals surface area contributed by atoms with Crippen molar-refractivity contribution in [1.29, 1.82) is 0 Å². The van der Waals surface area contributed by atoms with Gasteiger partial charge in [-0.2, -0.15) is 0 Å². The van der Waals surface area contributed by atoms with Gasteiger partial charge in [-0.05, 0) is 6.42 Å². The fourth-order valence-corrected chi connectivity index (χ4v) is 0.716. The Morgan fingerprint density at radius 3 is 2.64 bits per heavy atom. The molecule has 0 aliphatic heterocycles. The summed E-state index contributed by atoms with van der Waals surface area (Å²) in [6.07, 6.45) is 0.380. The molecule has 0 aromatic heterocycles. The first-order valence-electron chi connectivity index (χ1n) is 3.36. The van der Waals surface area contributed by atoms with E-state index in [1.165, 1.54) is 0 Å². The number of aliphatic carboxylic acids is 1. The topological polar surface area (TPSA) is 80.4 Å². The SMILES string of the molecule is CC(CCC(=O)O)C[N+](=O)[O-]. The van der Waals surface area contributed by atoms with Crippen molar-refractivity contribution in [3.05, 3.63) is 10.1 Å². The van der Waals surface area contributed by atoms with Crippen molar-refractivity contribution < 1.29 is 14.8 Å². The van der Waals surface area contributed by atoms with Gasteiger partial charge in [0.15, 0.2) is 0 Å². The lowest BCUT2D eigenvalue weighted by atomic mass is 10.1. The van der Waals surface area contributed by atoms with Crippen LogP contribution in [0.1, 0.15) is 19.8 Å². The normalized spacial score (nSPS) is 12.5. The zero-order chi connectivity index (χ0) is 8.85. The molecule has 5 nitrogen and oxygen atoms in total. The predicted octanol–water partition coefficient (Wildman–Crippen LogP) is 0.764. The first-order chi connectivity index (χ1) is 5.02. The highest BCUT2D eigenvalue weighted by atomic mass is 16.6. The van der Waals surface area contributed by atoms with Crippen LogP contribution in [0.25, 0.3) is 0 Å². The molecule has 0 heterocycles. The van der Waals surface area contributed by atoms with Gasteiger partial charge in [0.25, 0.3) is 0 Å². The molecule has 0 saturated carbocycles. The second-order valence-corrected chi connectivity index (χ2v) is 2.55. The smallest absolute Gasteiger partial charge is 0.303 e. The van der Waals surface area contributed by atoms with E-state index in [2.05, 4.69) is 0 Å². The third-order valence-electron chi connectivity index (χ3n) is 1.31. The van der Waals surface area contributed by atoms with Crippen LogP contribution in [0.3, 0.4) is 0 Å². The predicted molar refractivity (Wildman–Crippen MR) is 37.9 cm³/mol. The summed E-state index contributed by atoms with van der Waals surface area (Å²) >= 11 is 0. The van der Waals surface area contributed by atoms with Crippen LogP contribution in [0, 0.1) is 16.0 Å². The van der Waals surface area contributed by atoms with E-state index in [0.29, 0.717) is 6.42 Å². The van der Waals surface area contributed by atoms with E-state index in [1.54, 1.807) is 6.92 Å². The first kappa shape index (κ1) is 9.87. The number of carboxylic acids is 1. The van der Waals surface area contributed by atoms with E-state index in [1.807, 2.05) is 0 Å². The summed E-state index contributed by atoms with van der Waals surface area (Å²) < 4.78 is 0. The maximum absolute atomic E-state index is 10.0. The van der Waals surface area contributed by atoms with Gasteiger partial charge in [-0.1, -0.05) is 6.92 Å². The first-order valence-corrected chi connectivity index (χ1v) is 3.36. The maximum atomic E-state index is 10.0. The van der Waals surface area contributed by atoms with E-state index in [-0.39, 0.29) is 18.9 Å². The van der Waals surface area contributed by atoms with Gasteiger partial charge in [0, 0.05) is 17.3 Å². The molecule has 1 unspecified atom stereocenters. The number of hydrogen-bond acceptors (Lipinski definition) is 3. The number of rotatable bonds is 5. The van der Waals surface area contributed by atoms with Crippen molar-refractivity contribution >= 4 is 5.97 Å². The van der Waals surface area contributed by atoms with Crippen molar-refractivity contribution in [2.24, 2.45) is 5.92 Å². The molecule has 0 rings (SSSR count). The number of nitro groups is 1. The Labute approximate surface area is 64.2 Å². The van der Waals surface area contributed by atoms with Gasteiger partial charge in [0.05, 0.1) is 0 Å². The minimum Gasteiger partial charge on any atom is -0.481 e. The van der Waals surface area contributed by atoms with Crippen molar-refractivity contribution in [2.75, 3.05) is 6.54 Å². The molecule has 0 aromatic rings. The van der Waals surface area contributed by atoms with Gasteiger partial charge < -0.3 is 5.11 Å². The fraction of sp³-hybridized carbons (Fsp3) is 0.833. The standard InChI is InChI=1S/C6H11NO4/c1-5(4-7(10)11)2-3-6(8)9/h5H,2-4H2,1H3,(H,8,9). The molecule has 64 valence electrons. The molecule has 0 aromatic carbocycles. The van der Waals surface area contributed by atoms with E-state index >= 15 is 0 Å². The van der Waals surface area contributed by atoms with Crippen molar-refractivity contribution in [2.45, 2.75) is 19.8 Å². The monoisotopic (exact) mass is 161 g/mol. The van der Waals surface area contributed by atoms with Gasteiger partial charge in [0.2, 0.25) is 6.54 Å². The Morgan fingerprint density at radius 2 is 2.27 bits per heavy atom. The van der Waals surface area contributed by atoms with Gasteiger partial charge in [0.1, 0.15) is 0 Å². The molecule has 1 atom stereocenters. The zero-order valence-electron chi connectivity index (χ0n) is 6.32. The van der Waals surface area contributed by atoms with Gasteiger partial charge in [-0.3, -0.25) is 14.9 Å². The lowest BCUT2D eigenvalue weighted by molar-refractivity contribution is -0.487. The zero-order valence-corrected chi connectivity index (χ0v) is 6.32. The lowest BCUT2D eigenvalue weighted by Gasteiger charge is -2.02. The summed E-state index contributed by atoms with van der Waals surface area (Å²) in [7, 11) is 0. The number of carboxylic acid groups (broad SMARTS) is 1. The van der Waals surface area contributed by atoms with Crippen molar-refractivity contribution in [1.82, 2.24) is 0 Å². The number of carbonyl (C=O) groups is 1. The highest BCUT2D eigenvalue weighted by molar-refractivity contribution is 5.66. The minimum absolute atomic E-state index is 0.00894. The maximum Gasteiger partial charge on any atom is 0.303 e. The minimum atomic E-state index is -0.903. The Kier molecular flexibility index (Phi) is 4.17. The summed E-state index contributed by atoms with van der Waals surface area (Å²) in [4.78, 5) is 19.5. The highest BCUT2D eigenvalue weighted by Crippen LogP contribution is 2.04.